The van der Waals surface area contributed by atoms with Crippen LogP contribution in [-0.4, -0.2) is 36.5 Å². The normalized spacial score (nSPS) is 12.3. The first-order chi connectivity index (χ1) is 14.7. The summed E-state index contributed by atoms with van der Waals surface area (Å²) in [7, 11) is 1.89. The molecule has 0 saturated heterocycles. The summed E-state index contributed by atoms with van der Waals surface area (Å²) < 4.78 is 16.8. The van der Waals surface area contributed by atoms with Gasteiger partial charge < -0.3 is 5.32 Å². The highest BCUT2D eigenvalue weighted by Gasteiger charge is 2.21. The van der Waals surface area contributed by atoms with Gasteiger partial charge in [-0.15, -0.1) is 0 Å². The predicted molar refractivity (Wildman–Crippen MR) is 117 cm³/mol. The lowest BCUT2D eigenvalue weighted by Gasteiger charge is -2.14. The summed E-state index contributed by atoms with van der Waals surface area (Å²) in [6.45, 7) is 7.63. The van der Waals surface area contributed by atoms with Crippen LogP contribution in [0.15, 0.2) is 36.5 Å². The van der Waals surface area contributed by atoms with Crippen LogP contribution in [0.1, 0.15) is 39.9 Å². The Morgan fingerprint density at radius 2 is 1.84 bits per heavy atom. The fraction of sp³-hybridized carbons (Fsp3) is 0.304. The van der Waals surface area contributed by atoms with Crippen molar-refractivity contribution in [2.45, 2.75) is 40.2 Å². The van der Waals surface area contributed by atoms with Gasteiger partial charge in [-0.2, -0.15) is 10.2 Å². The molecule has 0 aliphatic rings. The number of aryl methyl sites for hydroxylation is 4. The van der Waals surface area contributed by atoms with Gasteiger partial charge >= 0.3 is 0 Å². The molecule has 1 amide bonds. The van der Waals surface area contributed by atoms with Crippen molar-refractivity contribution in [2.24, 2.45) is 7.05 Å². The Bertz CT molecular complexity index is 1270. The number of carbonyl (C=O) groups excluding carboxylic acids is 1. The number of hydrogen-bond donors (Lipinski definition) is 1. The van der Waals surface area contributed by atoms with E-state index in [1.165, 1.54) is 12.1 Å². The molecule has 1 aromatic carbocycles. The summed E-state index contributed by atoms with van der Waals surface area (Å²) in [6, 6.07) is 7.75. The van der Waals surface area contributed by atoms with Gasteiger partial charge in [0.1, 0.15) is 5.82 Å². The molecule has 0 radical (unpaired) electrons. The van der Waals surface area contributed by atoms with E-state index in [-0.39, 0.29) is 17.8 Å². The van der Waals surface area contributed by atoms with E-state index >= 15 is 0 Å². The molecule has 0 spiro atoms. The zero-order valence-electron chi connectivity index (χ0n) is 18.3. The summed E-state index contributed by atoms with van der Waals surface area (Å²) in [5.74, 6) is -0.495. The second-order valence-corrected chi connectivity index (χ2v) is 7.98. The fourth-order valence-electron chi connectivity index (χ4n) is 3.89. The van der Waals surface area contributed by atoms with E-state index in [0.717, 1.165) is 11.3 Å². The maximum Gasteiger partial charge on any atom is 0.252 e. The number of hydrogen-bond acceptors (Lipinski definition) is 4. The van der Waals surface area contributed by atoms with Crippen molar-refractivity contribution in [1.29, 1.82) is 0 Å². The van der Waals surface area contributed by atoms with Crippen LogP contribution in [0.4, 0.5) is 4.39 Å². The van der Waals surface area contributed by atoms with Gasteiger partial charge in [-0.05, 0) is 70.0 Å². The van der Waals surface area contributed by atoms with Crippen LogP contribution in [0.25, 0.3) is 16.7 Å². The summed E-state index contributed by atoms with van der Waals surface area (Å²) in [5.41, 5.74) is 5.25. The summed E-state index contributed by atoms with van der Waals surface area (Å²) >= 11 is 0. The molecule has 8 heteroatoms. The lowest BCUT2D eigenvalue weighted by Crippen LogP contribution is -2.34. The van der Waals surface area contributed by atoms with E-state index in [2.05, 4.69) is 20.5 Å². The van der Waals surface area contributed by atoms with Crippen LogP contribution in [0, 0.1) is 26.6 Å². The SMILES string of the molecule is Cc1cc(C(=O)N[C@@H](C)Cc2cn(C)nc2C)c2c(C)nn(-c3ccc(F)cc3)c2n1. The summed E-state index contributed by atoms with van der Waals surface area (Å²) in [5, 5.41) is 12.7. The summed E-state index contributed by atoms with van der Waals surface area (Å²) in [6.07, 6.45) is 2.66. The average molecular weight is 420 g/mol. The molecule has 0 bridgehead atoms. The van der Waals surface area contributed by atoms with Crippen LogP contribution in [0.5, 0.6) is 0 Å². The minimum absolute atomic E-state index is 0.0774. The molecule has 160 valence electrons. The molecular formula is C23H25FN6O. The van der Waals surface area contributed by atoms with Crippen molar-refractivity contribution in [3.8, 4) is 5.69 Å². The van der Waals surface area contributed by atoms with Crippen LogP contribution < -0.4 is 5.32 Å². The maximum atomic E-state index is 13.4. The van der Waals surface area contributed by atoms with Gasteiger partial charge in [0.15, 0.2) is 5.65 Å². The molecule has 0 fully saturated rings. The number of rotatable bonds is 5. The quantitative estimate of drug-likeness (QED) is 0.535. The van der Waals surface area contributed by atoms with E-state index in [1.807, 2.05) is 40.9 Å². The molecule has 0 unspecified atom stereocenters. The number of carbonyl (C=O) groups is 1. The van der Waals surface area contributed by atoms with Gasteiger partial charge in [0.2, 0.25) is 0 Å². The number of halogens is 1. The number of pyridine rings is 1. The number of nitrogens with zero attached hydrogens (tertiary/aromatic N) is 5. The number of benzene rings is 1. The molecule has 0 aliphatic carbocycles. The first-order valence-electron chi connectivity index (χ1n) is 10.2. The first-order valence-corrected chi connectivity index (χ1v) is 10.2. The van der Waals surface area contributed by atoms with Crippen LogP contribution >= 0.6 is 0 Å². The van der Waals surface area contributed by atoms with Crippen LogP contribution in [0.2, 0.25) is 0 Å². The van der Waals surface area contributed by atoms with E-state index in [4.69, 9.17) is 0 Å². The highest BCUT2D eigenvalue weighted by molar-refractivity contribution is 6.06. The molecule has 31 heavy (non-hydrogen) atoms. The zero-order valence-corrected chi connectivity index (χ0v) is 18.3. The topological polar surface area (TPSA) is 77.6 Å². The Morgan fingerprint density at radius 1 is 1.13 bits per heavy atom. The Morgan fingerprint density at radius 3 is 2.48 bits per heavy atom. The molecular weight excluding hydrogens is 395 g/mol. The molecule has 4 rings (SSSR count). The Balaban J connectivity index is 1.68. The van der Waals surface area contributed by atoms with Crippen molar-refractivity contribution in [3.63, 3.8) is 0 Å². The first kappa shape index (κ1) is 20.7. The monoisotopic (exact) mass is 420 g/mol. The number of amides is 1. The largest absolute Gasteiger partial charge is 0.349 e. The van der Waals surface area contributed by atoms with Gasteiger partial charge in [-0.1, -0.05) is 0 Å². The van der Waals surface area contributed by atoms with Crippen molar-refractivity contribution in [3.05, 3.63) is 70.6 Å². The Labute approximate surface area is 179 Å². The Hall–Kier alpha value is -3.55. The third-order valence-electron chi connectivity index (χ3n) is 5.28. The number of aromatic nitrogens is 5. The van der Waals surface area contributed by atoms with Crippen molar-refractivity contribution in [1.82, 2.24) is 29.9 Å². The average Bonchev–Trinajstić information content (AvgIpc) is 3.19. The number of fused-ring (bicyclic) bond motifs is 1. The number of nitrogens with one attached hydrogen (secondary N) is 1. The highest BCUT2D eigenvalue weighted by atomic mass is 19.1. The second kappa shape index (κ2) is 7.94. The smallest absolute Gasteiger partial charge is 0.252 e. The van der Waals surface area contributed by atoms with E-state index < -0.39 is 0 Å². The fourth-order valence-corrected chi connectivity index (χ4v) is 3.89. The molecule has 7 nitrogen and oxygen atoms in total. The maximum absolute atomic E-state index is 13.4. The predicted octanol–water partition coefficient (Wildman–Crippen LogP) is 3.58. The van der Waals surface area contributed by atoms with E-state index in [9.17, 15) is 9.18 Å². The minimum Gasteiger partial charge on any atom is -0.349 e. The molecule has 3 heterocycles. The molecule has 1 atom stereocenters. The van der Waals surface area contributed by atoms with Crippen LogP contribution in [-0.2, 0) is 13.5 Å². The zero-order chi connectivity index (χ0) is 22.3. The van der Waals surface area contributed by atoms with E-state index in [0.29, 0.717) is 40.1 Å². The van der Waals surface area contributed by atoms with Crippen molar-refractivity contribution in [2.75, 3.05) is 0 Å². The molecule has 3 aromatic heterocycles. The third kappa shape index (κ3) is 4.05. The van der Waals surface area contributed by atoms with E-state index in [1.54, 1.807) is 27.6 Å². The minimum atomic E-state index is -0.320. The van der Waals surface area contributed by atoms with Gasteiger partial charge in [0, 0.05) is 25.0 Å². The van der Waals surface area contributed by atoms with Crippen molar-refractivity contribution >= 4 is 16.9 Å². The molecule has 1 N–H and O–H groups in total. The lowest BCUT2D eigenvalue weighted by atomic mass is 10.1. The van der Waals surface area contributed by atoms with Crippen LogP contribution in [0.3, 0.4) is 0 Å². The highest BCUT2D eigenvalue weighted by Crippen LogP contribution is 2.25. The van der Waals surface area contributed by atoms with Gasteiger partial charge in [0.25, 0.3) is 5.91 Å². The molecule has 0 saturated carbocycles. The standard InChI is InChI=1S/C23H25FN6O/c1-13(10-17-12-29(5)27-15(17)3)26-23(31)20-11-14(2)25-22-21(20)16(4)28-30(22)19-8-6-18(24)7-9-19/h6-9,11-13H,10H2,1-5H3,(H,26,31)/t13-/m0/s1. The Kier molecular flexibility index (Phi) is 5.31. The third-order valence-corrected chi connectivity index (χ3v) is 5.28. The van der Waals surface area contributed by atoms with Gasteiger partial charge in [-0.25, -0.2) is 14.1 Å². The molecule has 0 aliphatic heterocycles. The molecule has 4 aromatic rings. The van der Waals surface area contributed by atoms with Crippen molar-refractivity contribution < 1.29 is 9.18 Å². The lowest BCUT2D eigenvalue weighted by molar-refractivity contribution is 0.0941. The second-order valence-electron chi connectivity index (χ2n) is 7.98. The van der Waals surface area contributed by atoms with Gasteiger partial charge in [0.05, 0.1) is 28.0 Å². The summed E-state index contributed by atoms with van der Waals surface area (Å²) in [4.78, 5) is 17.8. The van der Waals surface area contributed by atoms with Gasteiger partial charge in [-0.3, -0.25) is 9.48 Å².